The number of hydrogen-bond acceptors (Lipinski definition) is 3. The molecule has 2 aliphatic heterocycles. The molecule has 1 amide bonds. The monoisotopic (exact) mass is 391 g/mol. The largest absolute Gasteiger partial charge is 0.342 e. The summed E-state index contributed by atoms with van der Waals surface area (Å²) in [5, 5.41) is 0. The van der Waals surface area contributed by atoms with Crippen LogP contribution in [0.3, 0.4) is 0 Å². The topological polar surface area (TPSA) is 36.4 Å². The second-order valence-corrected chi connectivity index (χ2v) is 8.92. The Bertz CT molecular complexity index is 841. The fraction of sp³-hybridized carbons (Fsp3) is 0.520. The highest BCUT2D eigenvalue weighted by Crippen LogP contribution is 2.28. The maximum atomic E-state index is 13.1. The van der Waals surface area contributed by atoms with Gasteiger partial charge in [0.05, 0.1) is 0 Å². The number of likely N-dealkylation sites (tertiary alicyclic amines) is 2. The molecule has 4 heteroatoms. The zero-order valence-corrected chi connectivity index (χ0v) is 17.8. The number of aryl methyl sites for hydroxylation is 1. The standard InChI is InChI=1S/C25H33N3O/c1-19-6-3-7-20(16-19)17-23-9-4-10-24(26-23)22-8-5-13-28(18-22)25(29)21-11-14-27(2)15-12-21/h3-4,6-7,9-10,16,21-22H,5,8,11-15,17-18H2,1-2H3/t22-/m0/s1. The fourth-order valence-corrected chi connectivity index (χ4v) is 4.79. The summed E-state index contributed by atoms with van der Waals surface area (Å²) < 4.78 is 0. The molecule has 4 rings (SSSR count). The van der Waals surface area contributed by atoms with Gasteiger partial charge in [-0.15, -0.1) is 0 Å². The molecule has 0 unspecified atom stereocenters. The first kappa shape index (κ1) is 20.1. The second kappa shape index (κ2) is 9.08. The van der Waals surface area contributed by atoms with E-state index in [4.69, 9.17) is 4.98 Å². The molecule has 0 radical (unpaired) electrons. The number of rotatable bonds is 4. The molecule has 29 heavy (non-hydrogen) atoms. The van der Waals surface area contributed by atoms with Gasteiger partial charge in [-0.1, -0.05) is 35.9 Å². The lowest BCUT2D eigenvalue weighted by atomic mass is 9.90. The summed E-state index contributed by atoms with van der Waals surface area (Å²) in [6.07, 6.45) is 5.06. The first-order valence-corrected chi connectivity index (χ1v) is 11.1. The number of aromatic nitrogens is 1. The second-order valence-electron chi connectivity index (χ2n) is 8.92. The maximum Gasteiger partial charge on any atom is 0.225 e. The lowest BCUT2D eigenvalue weighted by Gasteiger charge is -2.37. The summed E-state index contributed by atoms with van der Waals surface area (Å²) in [4.78, 5) is 22.5. The van der Waals surface area contributed by atoms with Crippen molar-refractivity contribution >= 4 is 5.91 Å². The summed E-state index contributed by atoms with van der Waals surface area (Å²) in [5.74, 6) is 0.945. The van der Waals surface area contributed by atoms with E-state index >= 15 is 0 Å². The summed E-state index contributed by atoms with van der Waals surface area (Å²) in [6, 6.07) is 15.0. The van der Waals surface area contributed by atoms with Crippen molar-refractivity contribution in [1.29, 1.82) is 0 Å². The van der Waals surface area contributed by atoms with Crippen LogP contribution in [0.15, 0.2) is 42.5 Å². The number of amides is 1. The minimum absolute atomic E-state index is 0.213. The number of benzene rings is 1. The lowest BCUT2D eigenvalue weighted by Crippen LogP contribution is -2.45. The lowest BCUT2D eigenvalue weighted by molar-refractivity contribution is -0.138. The molecule has 0 spiro atoms. The quantitative estimate of drug-likeness (QED) is 0.790. The highest BCUT2D eigenvalue weighted by Gasteiger charge is 2.31. The van der Waals surface area contributed by atoms with Crippen molar-refractivity contribution in [3.05, 3.63) is 65.0 Å². The van der Waals surface area contributed by atoms with Crippen molar-refractivity contribution in [3.8, 4) is 0 Å². The van der Waals surface area contributed by atoms with Crippen LogP contribution in [0, 0.1) is 12.8 Å². The Labute approximate surface area is 174 Å². The van der Waals surface area contributed by atoms with E-state index < -0.39 is 0 Å². The number of pyridine rings is 1. The van der Waals surface area contributed by atoms with Crippen LogP contribution in [0.2, 0.25) is 0 Å². The summed E-state index contributed by atoms with van der Waals surface area (Å²) in [7, 11) is 2.15. The van der Waals surface area contributed by atoms with Crippen LogP contribution in [-0.4, -0.2) is 53.9 Å². The number of piperidine rings is 2. The fourth-order valence-electron chi connectivity index (χ4n) is 4.79. The Hall–Kier alpha value is -2.20. The molecule has 0 bridgehead atoms. The van der Waals surface area contributed by atoms with E-state index in [-0.39, 0.29) is 5.92 Å². The Kier molecular flexibility index (Phi) is 6.29. The number of nitrogens with zero attached hydrogens (tertiary/aromatic N) is 3. The van der Waals surface area contributed by atoms with Gasteiger partial charge in [-0.3, -0.25) is 9.78 Å². The Morgan fingerprint density at radius 1 is 1.07 bits per heavy atom. The summed E-state index contributed by atoms with van der Waals surface area (Å²) in [6.45, 7) is 5.94. The van der Waals surface area contributed by atoms with E-state index in [2.05, 4.69) is 66.2 Å². The van der Waals surface area contributed by atoms with E-state index in [1.165, 1.54) is 11.1 Å². The third-order valence-corrected chi connectivity index (χ3v) is 6.52. The highest BCUT2D eigenvalue weighted by molar-refractivity contribution is 5.79. The summed E-state index contributed by atoms with van der Waals surface area (Å²) in [5.41, 5.74) is 4.86. The van der Waals surface area contributed by atoms with E-state index in [0.717, 1.165) is 69.7 Å². The van der Waals surface area contributed by atoms with Crippen LogP contribution < -0.4 is 0 Å². The van der Waals surface area contributed by atoms with Crippen molar-refractivity contribution in [2.24, 2.45) is 5.92 Å². The van der Waals surface area contributed by atoms with Crippen LogP contribution in [0.5, 0.6) is 0 Å². The zero-order chi connectivity index (χ0) is 20.2. The molecule has 0 aliphatic carbocycles. The number of carbonyl (C=O) groups excluding carboxylic acids is 1. The van der Waals surface area contributed by atoms with Crippen molar-refractivity contribution < 1.29 is 4.79 Å². The van der Waals surface area contributed by atoms with Crippen molar-refractivity contribution in [2.45, 2.75) is 44.9 Å². The molecule has 2 aliphatic rings. The smallest absolute Gasteiger partial charge is 0.225 e. The molecule has 3 heterocycles. The van der Waals surface area contributed by atoms with Crippen LogP contribution in [-0.2, 0) is 11.2 Å². The van der Waals surface area contributed by atoms with Gasteiger partial charge in [0.15, 0.2) is 0 Å². The van der Waals surface area contributed by atoms with E-state index in [0.29, 0.717) is 11.8 Å². The Morgan fingerprint density at radius 2 is 1.86 bits per heavy atom. The average molecular weight is 392 g/mol. The molecule has 1 aromatic carbocycles. The molecular weight excluding hydrogens is 358 g/mol. The molecule has 4 nitrogen and oxygen atoms in total. The molecule has 2 fully saturated rings. The molecule has 0 N–H and O–H groups in total. The van der Waals surface area contributed by atoms with E-state index in [9.17, 15) is 4.79 Å². The Morgan fingerprint density at radius 3 is 2.66 bits per heavy atom. The van der Waals surface area contributed by atoms with Gasteiger partial charge >= 0.3 is 0 Å². The van der Waals surface area contributed by atoms with Gasteiger partial charge in [0.1, 0.15) is 0 Å². The van der Waals surface area contributed by atoms with Gasteiger partial charge in [-0.2, -0.15) is 0 Å². The normalized spacial score (nSPS) is 21.3. The van der Waals surface area contributed by atoms with Gasteiger partial charge in [-0.05, 0) is 70.4 Å². The van der Waals surface area contributed by atoms with Crippen LogP contribution in [0.4, 0.5) is 0 Å². The predicted molar refractivity (Wildman–Crippen MR) is 117 cm³/mol. The number of hydrogen-bond donors (Lipinski definition) is 0. The van der Waals surface area contributed by atoms with E-state index in [1.54, 1.807) is 0 Å². The zero-order valence-electron chi connectivity index (χ0n) is 17.8. The average Bonchev–Trinajstić information content (AvgIpc) is 2.74. The van der Waals surface area contributed by atoms with Crippen LogP contribution in [0.25, 0.3) is 0 Å². The van der Waals surface area contributed by atoms with Crippen LogP contribution >= 0.6 is 0 Å². The van der Waals surface area contributed by atoms with Crippen LogP contribution in [0.1, 0.15) is 54.1 Å². The van der Waals surface area contributed by atoms with Crippen molar-refractivity contribution in [2.75, 3.05) is 33.2 Å². The maximum absolute atomic E-state index is 13.1. The molecule has 1 atom stereocenters. The van der Waals surface area contributed by atoms with Crippen molar-refractivity contribution in [3.63, 3.8) is 0 Å². The first-order valence-electron chi connectivity index (χ1n) is 11.1. The molecule has 2 saturated heterocycles. The van der Waals surface area contributed by atoms with Gasteiger partial charge < -0.3 is 9.80 Å². The molecule has 0 saturated carbocycles. The SMILES string of the molecule is Cc1cccc(Cc2cccc([C@H]3CCCN(C(=O)C4CCN(C)CC4)C3)n2)c1. The summed E-state index contributed by atoms with van der Waals surface area (Å²) >= 11 is 0. The third kappa shape index (κ3) is 5.05. The van der Waals surface area contributed by atoms with Gasteiger partial charge in [-0.25, -0.2) is 0 Å². The molecular formula is C25H33N3O. The Balaban J connectivity index is 1.42. The van der Waals surface area contributed by atoms with Gasteiger partial charge in [0.2, 0.25) is 5.91 Å². The number of carbonyl (C=O) groups is 1. The minimum atomic E-state index is 0.213. The predicted octanol–water partition coefficient (Wildman–Crippen LogP) is 4.03. The molecule has 2 aromatic rings. The van der Waals surface area contributed by atoms with Gasteiger partial charge in [0, 0.05) is 42.7 Å². The molecule has 1 aromatic heterocycles. The minimum Gasteiger partial charge on any atom is -0.342 e. The first-order chi connectivity index (χ1) is 14.1. The van der Waals surface area contributed by atoms with Crippen molar-refractivity contribution in [1.82, 2.24) is 14.8 Å². The molecule has 154 valence electrons. The highest BCUT2D eigenvalue weighted by atomic mass is 16.2. The third-order valence-electron chi connectivity index (χ3n) is 6.52. The van der Waals surface area contributed by atoms with E-state index in [1.807, 2.05) is 0 Å². The van der Waals surface area contributed by atoms with Gasteiger partial charge in [0.25, 0.3) is 0 Å².